The van der Waals surface area contributed by atoms with Crippen molar-refractivity contribution >= 4 is 21.2 Å². The first kappa shape index (κ1) is 19.3. The van der Waals surface area contributed by atoms with E-state index < -0.39 is 9.84 Å². The first-order valence-electron chi connectivity index (χ1n) is 8.51. The highest BCUT2D eigenvalue weighted by Crippen LogP contribution is 2.21. The van der Waals surface area contributed by atoms with E-state index in [1.807, 2.05) is 13.8 Å². The Balaban J connectivity index is 1.65. The van der Waals surface area contributed by atoms with Gasteiger partial charge in [0.2, 0.25) is 0 Å². The van der Waals surface area contributed by atoms with Crippen LogP contribution in [-0.2, 0) is 21.1 Å². The smallest absolute Gasteiger partial charge is 0.175 e. The molecule has 1 aliphatic rings. The van der Waals surface area contributed by atoms with E-state index in [2.05, 4.69) is 9.88 Å². The van der Waals surface area contributed by atoms with Crippen molar-refractivity contribution in [2.45, 2.75) is 31.4 Å². The van der Waals surface area contributed by atoms with Crippen LogP contribution in [0.2, 0.25) is 0 Å². The fraction of sp³-hybridized carbons (Fsp3) is 0.500. The molecule has 1 aromatic heterocycles. The maximum absolute atomic E-state index is 11.6. The number of sulfone groups is 1. The average molecular weight is 397 g/mol. The van der Waals surface area contributed by atoms with E-state index in [9.17, 15) is 8.42 Å². The van der Waals surface area contributed by atoms with Crippen LogP contribution in [0, 0.1) is 13.8 Å². The molecule has 0 N–H and O–H groups in total. The predicted molar refractivity (Wildman–Crippen MR) is 102 cm³/mol. The Kier molecular flexibility index (Phi) is 5.96. The largest absolute Gasteiger partial charge is 0.487 e. The number of hydrogen-bond acceptors (Lipinski definition) is 7. The van der Waals surface area contributed by atoms with E-state index in [0.29, 0.717) is 23.9 Å². The molecule has 6 nitrogen and oxygen atoms in total. The average Bonchev–Trinajstić information content (AvgIpc) is 2.75. The van der Waals surface area contributed by atoms with E-state index in [1.165, 1.54) is 11.1 Å². The number of rotatable bonds is 5. The fourth-order valence-corrected chi connectivity index (χ4v) is 4.55. The lowest BCUT2D eigenvalue weighted by Gasteiger charge is -2.23. The summed E-state index contributed by atoms with van der Waals surface area (Å²) >= 11 is 1.73. The van der Waals surface area contributed by atoms with E-state index in [4.69, 9.17) is 9.47 Å². The molecule has 1 aromatic carbocycles. The third-order valence-corrected chi connectivity index (χ3v) is 6.42. The second-order valence-corrected chi connectivity index (χ2v) is 9.84. The maximum atomic E-state index is 11.6. The van der Waals surface area contributed by atoms with Crippen LogP contribution in [-0.4, -0.2) is 57.0 Å². The summed E-state index contributed by atoms with van der Waals surface area (Å²) in [7, 11) is -3.20. The normalized spacial score (nSPS) is 19.3. The van der Waals surface area contributed by atoms with Crippen molar-refractivity contribution < 1.29 is 17.9 Å². The van der Waals surface area contributed by atoms with Gasteiger partial charge in [0, 0.05) is 30.8 Å². The molecule has 0 saturated carbocycles. The highest BCUT2D eigenvalue weighted by Gasteiger charge is 2.22. The lowest BCUT2D eigenvalue weighted by molar-refractivity contribution is 0.0710. The minimum atomic E-state index is -3.20. The zero-order valence-corrected chi connectivity index (χ0v) is 16.9. The van der Waals surface area contributed by atoms with Crippen LogP contribution in [0.4, 0.5) is 0 Å². The second-order valence-electron chi connectivity index (χ2n) is 6.53. The Hall–Kier alpha value is -1.48. The van der Waals surface area contributed by atoms with Crippen molar-refractivity contribution in [3.63, 3.8) is 0 Å². The Bertz CT molecular complexity index is 847. The Morgan fingerprint density at radius 2 is 2.04 bits per heavy atom. The molecule has 0 radical (unpaired) electrons. The second kappa shape index (κ2) is 8.04. The van der Waals surface area contributed by atoms with Crippen molar-refractivity contribution in [2.75, 3.05) is 32.6 Å². The molecule has 1 aliphatic heterocycles. The summed E-state index contributed by atoms with van der Waals surface area (Å²) in [6.45, 7) is 7.71. The Morgan fingerprint density at radius 3 is 2.65 bits per heavy atom. The molecule has 142 valence electrons. The van der Waals surface area contributed by atoms with Crippen LogP contribution < -0.4 is 4.74 Å². The quantitative estimate of drug-likeness (QED) is 0.773. The Morgan fingerprint density at radius 1 is 1.31 bits per heavy atom. The van der Waals surface area contributed by atoms with Gasteiger partial charge in [-0.15, -0.1) is 11.3 Å². The molecule has 1 atom stereocenters. The van der Waals surface area contributed by atoms with Crippen LogP contribution in [0.25, 0.3) is 0 Å². The van der Waals surface area contributed by atoms with Gasteiger partial charge in [0.1, 0.15) is 11.9 Å². The van der Waals surface area contributed by atoms with Crippen molar-refractivity contribution in [3.05, 3.63) is 39.8 Å². The topological polar surface area (TPSA) is 68.7 Å². The molecule has 0 spiro atoms. The van der Waals surface area contributed by atoms with Crippen LogP contribution in [0.15, 0.2) is 29.2 Å². The minimum Gasteiger partial charge on any atom is -0.487 e. The molecule has 3 rings (SSSR count). The van der Waals surface area contributed by atoms with Crippen molar-refractivity contribution in [1.29, 1.82) is 0 Å². The van der Waals surface area contributed by atoms with Gasteiger partial charge in [-0.2, -0.15) is 0 Å². The number of ether oxygens (including phenoxy) is 2. The lowest BCUT2D eigenvalue weighted by atomic mass is 10.3. The summed E-state index contributed by atoms with van der Waals surface area (Å²) in [5, 5.41) is 1.09. The third kappa shape index (κ3) is 5.03. The molecule has 1 fully saturated rings. The van der Waals surface area contributed by atoms with E-state index in [0.717, 1.165) is 30.3 Å². The molecule has 0 unspecified atom stereocenters. The first-order chi connectivity index (χ1) is 12.3. The minimum absolute atomic E-state index is 0.101. The van der Waals surface area contributed by atoms with Crippen LogP contribution >= 0.6 is 11.3 Å². The van der Waals surface area contributed by atoms with E-state index >= 15 is 0 Å². The molecule has 0 bridgehead atoms. The Labute approximate surface area is 158 Å². The van der Waals surface area contributed by atoms with Crippen LogP contribution in [0.5, 0.6) is 5.75 Å². The van der Waals surface area contributed by atoms with Gasteiger partial charge in [-0.1, -0.05) is 0 Å². The molecule has 2 heterocycles. The fourth-order valence-electron chi connectivity index (χ4n) is 2.94. The van der Waals surface area contributed by atoms with Crippen molar-refractivity contribution in [2.24, 2.45) is 0 Å². The number of hydrogen-bond donors (Lipinski definition) is 0. The summed E-state index contributed by atoms with van der Waals surface area (Å²) < 4.78 is 34.8. The van der Waals surface area contributed by atoms with E-state index in [1.54, 1.807) is 35.6 Å². The molecule has 0 amide bonds. The molecular weight excluding hydrogens is 372 g/mol. The van der Waals surface area contributed by atoms with Crippen LogP contribution in [0.3, 0.4) is 0 Å². The van der Waals surface area contributed by atoms with Crippen molar-refractivity contribution in [3.8, 4) is 5.75 Å². The van der Waals surface area contributed by atoms with E-state index in [-0.39, 0.29) is 6.10 Å². The van der Waals surface area contributed by atoms with Crippen LogP contribution in [0.1, 0.15) is 15.6 Å². The number of aromatic nitrogens is 1. The highest BCUT2D eigenvalue weighted by atomic mass is 32.2. The van der Waals surface area contributed by atoms with Gasteiger partial charge in [-0.3, -0.25) is 4.90 Å². The van der Waals surface area contributed by atoms with Gasteiger partial charge < -0.3 is 9.47 Å². The number of benzene rings is 1. The standard InChI is InChI=1S/C18H24N2O4S2/c1-13-18(25-14(2)19-13)11-20-8-9-23-12-16(10-20)24-15-4-6-17(7-5-15)26(3,21)22/h4-7,16H,8-12H2,1-3H3/t16-/m1/s1. The van der Waals surface area contributed by atoms with Crippen molar-refractivity contribution in [1.82, 2.24) is 9.88 Å². The SMILES string of the molecule is Cc1nc(C)c(CN2CCOC[C@H](Oc3ccc(S(C)(=O)=O)cc3)C2)s1. The zero-order valence-electron chi connectivity index (χ0n) is 15.3. The molecule has 26 heavy (non-hydrogen) atoms. The lowest BCUT2D eigenvalue weighted by Crippen LogP contribution is -2.35. The zero-order chi connectivity index (χ0) is 18.7. The first-order valence-corrected chi connectivity index (χ1v) is 11.2. The number of aryl methyl sites for hydroxylation is 2. The predicted octanol–water partition coefficient (Wildman–Crippen LogP) is 2.44. The third-order valence-electron chi connectivity index (χ3n) is 4.24. The number of nitrogens with zero attached hydrogens (tertiary/aromatic N) is 2. The van der Waals surface area contributed by atoms with Gasteiger partial charge in [0.15, 0.2) is 9.84 Å². The molecule has 2 aromatic rings. The van der Waals surface area contributed by atoms with Gasteiger partial charge in [-0.25, -0.2) is 13.4 Å². The van der Waals surface area contributed by atoms with Gasteiger partial charge in [0.05, 0.1) is 28.8 Å². The number of thiazole rings is 1. The van der Waals surface area contributed by atoms with Gasteiger partial charge >= 0.3 is 0 Å². The summed E-state index contributed by atoms with van der Waals surface area (Å²) in [5.41, 5.74) is 1.09. The van der Waals surface area contributed by atoms with Gasteiger partial charge in [-0.05, 0) is 38.1 Å². The maximum Gasteiger partial charge on any atom is 0.175 e. The monoisotopic (exact) mass is 396 g/mol. The molecule has 0 aliphatic carbocycles. The molecule has 1 saturated heterocycles. The highest BCUT2D eigenvalue weighted by molar-refractivity contribution is 7.90. The molecule has 8 heteroatoms. The summed E-state index contributed by atoms with van der Waals surface area (Å²) in [5.74, 6) is 0.651. The summed E-state index contributed by atoms with van der Waals surface area (Å²) in [4.78, 5) is 8.39. The summed E-state index contributed by atoms with van der Waals surface area (Å²) in [6.07, 6.45) is 1.10. The van der Waals surface area contributed by atoms with Gasteiger partial charge in [0.25, 0.3) is 0 Å². The molecular formula is C18H24N2O4S2. The summed E-state index contributed by atoms with van der Waals surface area (Å²) in [6, 6.07) is 6.54.